The van der Waals surface area contributed by atoms with Gasteiger partial charge in [-0.3, -0.25) is 5.43 Å². The number of esters is 1. The van der Waals surface area contributed by atoms with E-state index in [2.05, 4.69) is 57.9 Å². The van der Waals surface area contributed by atoms with Crippen LogP contribution in [0.2, 0.25) is 0 Å². The van der Waals surface area contributed by atoms with Gasteiger partial charge in [0.1, 0.15) is 12.1 Å². The number of fused-ring (bicyclic) bond motifs is 3. The van der Waals surface area contributed by atoms with Crippen molar-refractivity contribution in [2.75, 3.05) is 0 Å². The maximum Gasteiger partial charge on any atom is 0.339 e. The lowest BCUT2D eigenvalue weighted by Crippen LogP contribution is -2.45. The van der Waals surface area contributed by atoms with Crippen molar-refractivity contribution < 1.29 is 9.53 Å². The van der Waals surface area contributed by atoms with E-state index < -0.39 is 6.04 Å². The molecule has 2 unspecified atom stereocenters. The Morgan fingerprint density at radius 3 is 2.76 bits per heavy atom. The fourth-order valence-electron chi connectivity index (χ4n) is 5.14. The summed E-state index contributed by atoms with van der Waals surface area (Å²) in [5.41, 5.74) is 13.6. The Morgan fingerprint density at radius 1 is 1.03 bits per heavy atom. The van der Waals surface area contributed by atoms with Crippen molar-refractivity contribution in [1.82, 2.24) is 21.5 Å². The van der Waals surface area contributed by atoms with Gasteiger partial charge in [0.05, 0.1) is 11.3 Å². The van der Waals surface area contributed by atoms with Crippen molar-refractivity contribution in [2.45, 2.75) is 38.3 Å². The highest BCUT2D eigenvalue weighted by molar-refractivity contribution is 5.97. The highest BCUT2D eigenvalue weighted by Gasteiger charge is 2.40. The van der Waals surface area contributed by atoms with E-state index in [0.29, 0.717) is 17.2 Å². The molecule has 2 aliphatic heterocycles. The van der Waals surface area contributed by atoms with Gasteiger partial charge in [0.2, 0.25) is 5.96 Å². The first-order valence-corrected chi connectivity index (χ1v) is 11.3. The number of rotatable bonds is 3. The molecule has 6 rings (SSSR count). The SMILES string of the molecule is CC1=C(C(=O)OC2CCCc3ccccc32)C(c2cccc3ccccc23)N2NNNC2=N1. The number of allylic oxidation sites excluding steroid dienone is 1. The molecule has 3 aromatic rings. The first kappa shape index (κ1) is 20.0. The Bertz CT molecular complexity index is 1310. The lowest BCUT2D eigenvalue weighted by Gasteiger charge is -2.34. The van der Waals surface area contributed by atoms with E-state index in [0.717, 1.165) is 41.2 Å². The van der Waals surface area contributed by atoms with Crippen LogP contribution in [0.15, 0.2) is 83.0 Å². The highest BCUT2D eigenvalue weighted by Crippen LogP contribution is 2.40. The monoisotopic (exact) mass is 439 g/mol. The minimum Gasteiger partial charge on any atom is -0.454 e. The minimum absolute atomic E-state index is 0.246. The molecule has 7 heteroatoms. The Morgan fingerprint density at radius 2 is 1.82 bits per heavy atom. The number of nitrogens with one attached hydrogen (secondary N) is 3. The summed E-state index contributed by atoms with van der Waals surface area (Å²) >= 11 is 0. The van der Waals surface area contributed by atoms with E-state index in [-0.39, 0.29) is 12.1 Å². The van der Waals surface area contributed by atoms with Crippen LogP contribution in [0.25, 0.3) is 10.8 Å². The summed E-state index contributed by atoms with van der Waals surface area (Å²) in [5, 5.41) is 4.05. The van der Waals surface area contributed by atoms with Crippen LogP contribution in [0.3, 0.4) is 0 Å². The van der Waals surface area contributed by atoms with Gasteiger partial charge in [-0.05, 0) is 53.6 Å². The second-order valence-electron chi connectivity index (χ2n) is 8.62. The van der Waals surface area contributed by atoms with Gasteiger partial charge in [-0.1, -0.05) is 66.7 Å². The number of hydrazine groups is 3. The maximum absolute atomic E-state index is 13.8. The number of benzene rings is 3. The summed E-state index contributed by atoms with van der Waals surface area (Å²) in [6.45, 7) is 1.87. The van der Waals surface area contributed by atoms with Crippen molar-refractivity contribution in [3.8, 4) is 0 Å². The van der Waals surface area contributed by atoms with Crippen molar-refractivity contribution in [2.24, 2.45) is 4.99 Å². The van der Waals surface area contributed by atoms with Gasteiger partial charge in [0.25, 0.3) is 0 Å². The average Bonchev–Trinajstić information content (AvgIpc) is 3.31. The Kier molecular flexibility index (Phi) is 4.86. The van der Waals surface area contributed by atoms with Crippen molar-refractivity contribution in [3.63, 3.8) is 0 Å². The van der Waals surface area contributed by atoms with Crippen LogP contribution in [0, 0.1) is 0 Å². The second-order valence-corrected chi connectivity index (χ2v) is 8.62. The van der Waals surface area contributed by atoms with Gasteiger partial charge in [-0.25, -0.2) is 14.8 Å². The number of guanidine groups is 1. The topological polar surface area (TPSA) is 78.0 Å². The minimum atomic E-state index is -0.405. The molecule has 2 atom stereocenters. The molecular formula is C26H25N5O2. The van der Waals surface area contributed by atoms with E-state index in [4.69, 9.17) is 4.74 Å². The molecule has 0 amide bonds. The summed E-state index contributed by atoms with van der Waals surface area (Å²) in [4.78, 5) is 18.4. The summed E-state index contributed by atoms with van der Waals surface area (Å²) in [6, 6.07) is 22.2. The predicted molar refractivity (Wildman–Crippen MR) is 126 cm³/mol. The molecule has 1 aliphatic carbocycles. The van der Waals surface area contributed by atoms with Crippen LogP contribution >= 0.6 is 0 Å². The Labute approximate surface area is 192 Å². The van der Waals surface area contributed by atoms with Crippen LogP contribution < -0.4 is 16.5 Å². The predicted octanol–water partition coefficient (Wildman–Crippen LogP) is 3.97. The number of carbonyl (C=O) groups excluding carboxylic acids is 1. The standard InChI is InChI=1S/C26H25N5O2/c1-16-23(25(32)33-22-15-7-11-18-9-3-5-13-20(18)22)24(31-26(27-16)28-29-30-31)21-14-6-10-17-8-2-4-12-19(17)21/h2-6,8-10,12-14,22,24,29-30H,7,11,15H2,1H3,(H,27,28). The lowest BCUT2D eigenvalue weighted by molar-refractivity contribution is -0.146. The Balaban J connectivity index is 1.43. The molecule has 0 spiro atoms. The molecule has 3 aromatic carbocycles. The van der Waals surface area contributed by atoms with E-state index >= 15 is 0 Å². The third kappa shape index (κ3) is 3.37. The fraction of sp³-hybridized carbons (Fsp3) is 0.231. The normalized spacial score (nSPS) is 21.8. The zero-order chi connectivity index (χ0) is 22.4. The summed E-state index contributed by atoms with van der Waals surface area (Å²) in [5.74, 6) is 0.286. The molecule has 0 radical (unpaired) electrons. The summed E-state index contributed by atoms with van der Waals surface area (Å²) in [7, 11) is 0. The Hall–Kier alpha value is -3.68. The third-order valence-electron chi connectivity index (χ3n) is 6.68. The first-order valence-electron chi connectivity index (χ1n) is 11.3. The van der Waals surface area contributed by atoms with E-state index in [1.807, 2.05) is 42.3 Å². The van der Waals surface area contributed by atoms with Gasteiger partial charge >= 0.3 is 5.97 Å². The number of hydrogen-bond acceptors (Lipinski definition) is 7. The van der Waals surface area contributed by atoms with Crippen LogP contribution in [0.5, 0.6) is 0 Å². The molecule has 1 fully saturated rings. The average molecular weight is 440 g/mol. The molecule has 7 nitrogen and oxygen atoms in total. The third-order valence-corrected chi connectivity index (χ3v) is 6.68. The van der Waals surface area contributed by atoms with Crippen LogP contribution in [-0.4, -0.2) is 16.9 Å². The molecule has 0 saturated carbocycles. The summed E-state index contributed by atoms with van der Waals surface area (Å²) < 4.78 is 6.18. The number of nitrogens with zero attached hydrogens (tertiary/aromatic N) is 2. The number of aryl methyl sites for hydroxylation is 1. The van der Waals surface area contributed by atoms with Gasteiger partial charge in [0, 0.05) is 0 Å². The van der Waals surface area contributed by atoms with Gasteiger partial charge < -0.3 is 4.74 Å². The lowest BCUT2D eigenvalue weighted by atomic mass is 9.89. The van der Waals surface area contributed by atoms with Gasteiger partial charge in [-0.2, -0.15) is 5.53 Å². The van der Waals surface area contributed by atoms with E-state index in [9.17, 15) is 4.79 Å². The molecule has 1 saturated heterocycles. The molecule has 0 aromatic heterocycles. The largest absolute Gasteiger partial charge is 0.454 e. The molecule has 33 heavy (non-hydrogen) atoms. The molecular weight excluding hydrogens is 414 g/mol. The molecule has 2 heterocycles. The number of carbonyl (C=O) groups is 1. The number of hydrogen-bond donors (Lipinski definition) is 3. The number of aliphatic imine (C=N–C) groups is 1. The van der Waals surface area contributed by atoms with Crippen LogP contribution in [-0.2, 0) is 16.0 Å². The first-order chi connectivity index (χ1) is 16.2. The molecule has 3 N–H and O–H groups in total. The molecule has 166 valence electrons. The zero-order valence-corrected chi connectivity index (χ0v) is 18.3. The van der Waals surface area contributed by atoms with E-state index in [1.54, 1.807) is 0 Å². The van der Waals surface area contributed by atoms with Gasteiger partial charge in [-0.15, -0.1) is 5.53 Å². The molecule has 3 aliphatic rings. The van der Waals surface area contributed by atoms with Crippen molar-refractivity contribution in [3.05, 3.63) is 94.7 Å². The van der Waals surface area contributed by atoms with Crippen molar-refractivity contribution in [1.29, 1.82) is 0 Å². The van der Waals surface area contributed by atoms with E-state index in [1.165, 1.54) is 5.56 Å². The van der Waals surface area contributed by atoms with Crippen molar-refractivity contribution >= 4 is 22.7 Å². The second kappa shape index (κ2) is 8.03. The highest BCUT2D eigenvalue weighted by atomic mass is 16.5. The molecule has 0 bridgehead atoms. The maximum atomic E-state index is 13.8. The quantitative estimate of drug-likeness (QED) is 0.536. The van der Waals surface area contributed by atoms with Crippen LogP contribution in [0.1, 0.15) is 48.6 Å². The fourth-order valence-corrected chi connectivity index (χ4v) is 5.14. The van der Waals surface area contributed by atoms with Gasteiger partial charge in [0.15, 0.2) is 0 Å². The zero-order valence-electron chi connectivity index (χ0n) is 18.3. The van der Waals surface area contributed by atoms with Crippen LogP contribution in [0.4, 0.5) is 0 Å². The summed E-state index contributed by atoms with van der Waals surface area (Å²) in [6.07, 6.45) is 2.61. The smallest absolute Gasteiger partial charge is 0.339 e. The number of ether oxygens (including phenoxy) is 1.